The average molecular weight is 164 g/mol. The fourth-order valence-corrected chi connectivity index (χ4v) is 0.898. The van der Waals surface area contributed by atoms with Crippen molar-refractivity contribution in [2.24, 2.45) is 0 Å². The van der Waals surface area contributed by atoms with Crippen LogP contribution in [-0.4, -0.2) is 12.4 Å². The monoisotopic (exact) mass is 164 g/mol. The molecule has 0 aliphatic rings. The summed E-state index contributed by atoms with van der Waals surface area (Å²) >= 11 is 0. The van der Waals surface area contributed by atoms with E-state index < -0.39 is 0 Å². The van der Waals surface area contributed by atoms with Crippen LogP contribution in [0.5, 0.6) is 5.75 Å². The molecule has 0 spiro atoms. The topological polar surface area (TPSA) is 26.3 Å². The zero-order chi connectivity index (χ0) is 8.97. The van der Waals surface area contributed by atoms with Crippen LogP contribution in [0.3, 0.4) is 0 Å². The highest BCUT2D eigenvalue weighted by Crippen LogP contribution is 2.15. The molecule has 64 valence electrons. The molecule has 0 fully saturated rings. The van der Waals surface area contributed by atoms with Crippen molar-refractivity contribution in [2.75, 3.05) is 6.61 Å². The van der Waals surface area contributed by atoms with Crippen molar-refractivity contribution in [1.82, 2.24) is 0 Å². The summed E-state index contributed by atoms with van der Waals surface area (Å²) in [6.45, 7) is 3.62. The van der Waals surface area contributed by atoms with Crippen molar-refractivity contribution in [3.8, 4) is 5.75 Å². The van der Waals surface area contributed by atoms with E-state index >= 15 is 0 Å². The van der Waals surface area contributed by atoms with Crippen LogP contribution < -0.4 is 4.74 Å². The van der Waals surface area contributed by atoms with E-state index in [9.17, 15) is 4.79 Å². The number of hydrogen-bond donors (Lipinski definition) is 0. The zero-order valence-corrected chi connectivity index (χ0v) is 7.33. The predicted octanol–water partition coefficient (Wildman–Crippen LogP) is 1.96. The summed E-state index contributed by atoms with van der Waals surface area (Å²) in [7, 11) is 0. The van der Waals surface area contributed by atoms with Crippen LogP contribution in [0.2, 0.25) is 0 Å². The Balaban J connectivity index is 2.63. The molecule has 1 aromatic rings. The van der Waals surface area contributed by atoms with E-state index in [0.717, 1.165) is 11.3 Å². The Bertz CT molecular complexity index is 279. The largest absolute Gasteiger partial charge is 0.486 e. The van der Waals surface area contributed by atoms with Gasteiger partial charge in [-0.15, -0.1) is 0 Å². The van der Waals surface area contributed by atoms with Gasteiger partial charge in [0.05, 0.1) is 0 Å². The number of carbonyl (C=O) groups is 1. The van der Waals surface area contributed by atoms with Gasteiger partial charge in [-0.1, -0.05) is 18.2 Å². The quantitative estimate of drug-likeness (QED) is 0.682. The maximum absolute atomic E-state index is 10.6. The van der Waals surface area contributed by atoms with Gasteiger partial charge in [0.2, 0.25) is 0 Å². The Kier molecular flexibility index (Phi) is 2.86. The van der Waals surface area contributed by atoms with Gasteiger partial charge in [0, 0.05) is 0 Å². The van der Waals surface area contributed by atoms with Crippen LogP contribution in [0, 0.1) is 6.92 Å². The van der Waals surface area contributed by atoms with Gasteiger partial charge >= 0.3 is 0 Å². The molecule has 0 aliphatic heterocycles. The highest BCUT2D eigenvalue weighted by atomic mass is 16.5. The highest BCUT2D eigenvalue weighted by molar-refractivity contribution is 5.77. The van der Waals surface area contributed by atoms with Crippen molar-refractivity contribution in [1.29, 1.82) is 0 Å². The summed E-state index contributed by atoms with van der Waals surface area (Å²) in [5.41, 5.74) is 1.05. The number of ether oxygens (including phenoxy) is 1. The fraction of sp³-hybridized carbons (Fsp3) is 0.300. The summed E-state index contributed by atoms with van der Waals surface area (Å²) in [5.74, 6) is 0.825. The molecule has 0 bridgehead atoms. The van der Waals surface area contributed by atoms with Crippen molar-refractivity contribution in [3.63, 3.8) is 0 Å². The maximum Gasteiger partial charge on any atom is 0.167 e. The lowest BCUT2D eigenvalue weighted by Crippen LogP contribution is -2.07. The van der Waals surface area contributed by atoms with Crippen LogP contribution in [0.1, 0.15) is 12.5 Å². The normalized spacial score (nSPS) is 9.50. The second kappa shape index (κ2) is 3.90. The summed E-state index contributed by atoms with van der Waals surface area (Å²) in [4.78, 5) is 10.6. The van der Waals surface area contributed by atoms with E-state index in [1.165, 1.54) is 6.92 Å². The third kappa shape index (κ3) is 2.38. The summed E-state index contributed by atoms with van der Waals surface area (Å²) in [6, 6.07) is 7.65. The SMILES string of the molecule is CC(=O)COc1ccccc1C. The van der Waals surface area contributed by atoms with Crippen molar-refractivity contribution in [3.05, 3.63) is 29.8 Å². The number of Topliss-reactive ketones (excluding diaryl/α,β-unsaturated/α-hetero) is 1. The third-order valence-corrected chi connectivity index (χ3v) is 1.52. The molecule has 12 heavy (non-hydrogen) atoms. The molecule has 0 N–H and O–H groups in total. The smallest absolute Gasteiger partial charge is 0.167 e. The minimum absolute atomic E-state index is 0.0400. The minimum atomic E-state index is 0.0400. The Labute approximate surface area is 72.2 Å². The summed E-state index contributed by atoms with van der Waals surface area (Å²) in [6.07, 6.45) is 0. The first kappa shape index (κ1) is 8.78. The number of rotatable bonds is 3. The number of benzene rings is 1. The first-order chi connectivity index (χ1) is 5.70. The van der Waals surface area contributed by atoms with E-state index in [-0.39, 0.29) is 12.4 Å². The Morgan fingerprint density at radius 1 is 1.42 bits per heavy atom. The number of aryl methyl sites for hydroxylation is 1. The molecular weight excluding hydrogens is 152 g/mol. The molecule has 0 radical (unpaired) electrons. The third-order valence-electron chi connectivity index (χ3n) is 1.52. The standard InChI is InChI=1S/C10H12O2/c1-8-5-3-4-6-10(8)12-7-9(2)11/h3-6H,7H2,1-2H3. The lowest BCUT2D eigenvalue weighted by atomic mass is 10.2. The van der Waals surface area contributed by atoms with E-state index in [2.05, 4.69) is 0 Å². The van der Waals surface area contributed by atoms with Crippen LogP contribution in [0.15, 0.2) is 24.3 Å². The average Bonchev–Trinajstić information content (AvgIpc) is 2.03. The fourth-order valence-electron chi connectivity index (χ4n) is 0.898. The second-order valence-corrected chi connectivity index (χ2v) is 2.76. The van der Waals surface area contributed by atoms with Crippen LogP contribution in [-0.2, 0) is 4.79 Å². The van der Waals surface area contributed by atoms with Gasteiger partial charge in [-0.25, -0.2) is 0 Å². The van der Waals surface area contributed by atoms with Crippen LogP contribution >= 0.6 is 0 Å². The molecule has 0 aromatic heterocycles. The van der Waals surface area contributed by atoms with Crippen molar-refractivity contribution in [2.45, 2.75) is 13.8 Å². The maximum atomic E-state index is 10.6. The van der Waals surface area contributed by atoms with Crippen LogP contribution in [0.4, 0.5) is 0 Å². The summed E-state index contributed by atoms with van der Waals surface area (Å²) < 4.78 is 5.25. The lowest BCUT2D eigenvalue weighted by molar-refractivity contribution is -0.118. The van der Waals surface area contributed by atoms with Crippen molar-refractivity contribution < 1.29 is 9.53 Å². The first-order valence-corrected chi connectivity index (χ1v) is 3.88. The molecule has 0 unspecified atom stereocenters. The minimum Gasteiger partial charge on any atom is -0.486 e. The number of hydrogen-bond acceptors (Lipinski definition) is 2. The molecule has 0 saturated carbocycles. The lowest BCUT2D eigenvalue weighted by Gasteiger charge is -2.05. The van der Waals surface area contributed by atoms with Crippen molar-refractivity contribution >= 4 is 5.78 Å². The van der Waals surface area contributed by atoms with Gasteiger partial charge in [-0.05, 0) is 25.5 Å². The molecule has 1 aromatic carbocycles. The molecule has 0 heterocycles. The van der Waals surface area contributed by atoms with E-state index in [0.29, 0.717) is 0 Å². The van der Waals surface area contributed by atoms with E-state index in [4.69, 9.17) is 4.74 Å². The second-order valence-electron chi connectivity index (χ2n) is 2.76. The van der Waals surface area contributed by atoms with Gasteiger partial charge < -0.3 is 4.74 Å². The molecule has 0 atom stereocenters. The van der Waals surface area contributed by atoms with Gasteiger partial charge in [-0.2, -0.15) is 0 Å². The predicted molar refractivity (Wildman–Crippen MR) is 47.4 cm³/mol. The molecule has 1 rings (SSSR count). The highest BCUT2D eigenvalue weighted by Gasteiger charge is 1.98. The first-order valence-electron chi connectivity index (χ1n) is 3.88. The van der Waals surface area contributed by atoms with Crippen LogP contribution in [0.25, 0.3) is 0 Å². The number of carbonyl (C=O) groups excluding carboxylic acids is 1. The molecule has 0 aliphatic carbocycles. The molecule has 2 heteroatoms. The van der Waals surface area contributed by atoms with Gasteiger partial charge in [-0.3, -0.25) is 4.79 Å². The Morgan fingerprint density at radius 3 is 2.67 bits per heavy atom. The Hall–Kier alpha value is -1.31. The molecule has 0 amide bonds. The molecular formula is C10H12O2. The van der Waals surface area contributed by atoms with E-state index in [1.807, 2.05) is 31.2 Å². The van der Waals surface area contributed by atoms with Gasteiger partial charge in [0.25, 0.3) is 0 Å². The van der Waals surface area contributed by atoms with E-state index in [1.54, 1.807) is 0 Å². The number of ketones is 1. The number of para-hydroxylation sites is 1. The molecule has 0 saturated heterocycles. The summed E-state index contributed by atoms with van der Waals surface area (Å²) in [5, 5.41) is 0. The Morgan fingerprint density at radius 2 is 2.08 bits per heavy atom. The van der Waals surface area contributed by atoms with Gasteiger partial charge in [0.1, 0.15) is 12.4 Å². The molecule has 2 nitrogen and oxygen atoms in total. The zero-order valence-electron chi connectivity index (χ0n) is 7.33. The van der Waals surface area contributed by atoms with Gasteiger partial charge in [0.15, 0.2) is 5.78 Å².